The second-order valence-electron chi connectivity index (χ2n) is 1.92. The van der Waals surface area contributed by atoms with Crippen LogP contribution >= 0.6 is 24.0 Å². The Morgan fingerprint density at radius 3 is 2.36 bits per heavy atom. The van der Waals surface area contributed by atoms with E-state index in [0.717, 1.165) is 5.69 Å². The van der Waals surface area contributed by atoms with Gasteiger partial charge in [-0.15, -0.1) is 11.8 Å². The fourth-order valence-corrected chi connectivity index (χ4v) is 1.36. The third kappa shape index (κ3) is 2.65. The lowest BCUT2D eigenvalue weighted by Gasteiger charge is -2.00. The summed E-state index contributed by atoms with van der Waals surface area (Å²) < 4.78 is 11.2. The molecule has 0 spiro atoms. The van der Waals surface area contributed by atoms with Crippen LogP contribution in [0.1, 0.15) is 0 Å². The van der Waals surface area contributed by atoms with Crippen LogP contribution < -0.4 is 4.72 Å². The molecule has 0 amide bonds. The van der Waals surface area contributed by atoms with E-state index >= 15 is 0 Å². The Balaban J connectivity index is 2.66. The Morgan fingerprint density at radius 1 is 1.27 bits per heavy atom. The molecule has 2 nitrogen and oxygen atoms in total. The van der Waals surface area contributed by atoms with E-state index in [1.54, 1.807) is 11.8 Å². The van der Waals surface area contributed by atoms with E-state index in [-0.39, 0.29) is 0 Å². The molecule has 0 aliphatic rings. The predicted octanol–water partition coefficient (Wildman–Crippen LogP) is 2.94. The van der Waals surface area contributed by atoms with Crippen molar-refractivity contribution < 1.29 is 4.55 Å². The van der Waals surface area contributed by atoms with Crippen molar-refractivity contribution >= 4 is 29.7 Å². The number of benzene rings is 1. The van der Waals surface area contributed by atoms with E-state index in [4.69, 9.17) is 4.55 Å². The van der Waals surface area contributed by atoms with Gasteiger partial charge in [0.1, 0.15) is 12.2 Å². The molecule has 0 aromatic heterocycles. The highest BCUT2D eigenvalue weighted by molar-refractivity contribution is 7.98. The molecular weight excluding hydrogens is 178 g/mol. The summed E-state index contributed by atoms with van der Waals surface area (Å²) in [5.74, 6) is 0. The maximum atomic E-state index is 8.45. The van der Waals surface area contributed by atoms with Crippen molar-refractivity contribution in [3.8, 4) is 0 Å². The van der Waals surface area contributed by atoms with Crippen molar-refractivity contribution in [2.75, 3.05) is 11.0 Å². The maximum absolute atomic E-state index is 8.45. The molecule has 0 radical (unpaired) electrons. The fraction of sp³-hybridized carbons (Fsp3) is 0.143. The summed E-state index contributed by atoms with van der Waals surface area (Å²) in [6, 6.07) is 7.86. The van der Waals surface area contributed by atoms with Gasteiger partial charge in [0.25, 0.3) is 0 Å². The smallest absolute Gasteiger partial charge is 0.108 e. The van der Waals surface area contributed by atoms with E-state index in [2.05, 4.69) is 4.72 Å². The van der Waals surface area contributed by atoms with E-state index < -0.39 is 0 Å². The van der Waals surface area contributed by atoms with Crippen LogP contribution in [0.4, 0.5) is 5.69 Å². The van der Waals surface area contributed by atoms with Crippen LogP contribution in [0.15, 0.2) is 29.2 Å². The molecule has 0 saturated heterocycles. The monoisotopic (exact) mass is 187 g/mol. The lowest BCUT2D eigenvalue weighted by Crippen LogP contribution is -1.83. The Morgan fingerprint density at radius 2 is 1.91 bits per heavy atom. The van der Waals surface area contributed by atoms with Crippen molar-refractivity contribution in [3.05, 3.63) is 24.3 Å². The van der Waals surface area contributed by atoms with Crippen LogP contribution in [0.5, 0.6) is 0 Å². The Labute approximate surface area is 74.7 Å². The van der Waals surface area contributed by atoms with Crippen LogP contribution in [-0.2, 0) is 0 Å². The molecule has 2 N–H and O–H groups in total. The first-order valence-electron chi connectivity index (χ1n) is 3.07. The minimum absolute atomic E-state index is 0.611. The van der Waals surface area contributed by atoms with Gasteiger partial charge in [-0.2, -0.15) is 0 Å². The highest BCUT2D eigenvalue weighted by atomic mass is 32.2. The standard InChI is InChI=1S/C7H9NOS2/c1-10-7-4-2-6(3-5-7)8-11-9/h2-5,8-9H,1H3. The largest absolute Gasteiger partial charge is 0.312 e. The number of hydrogen-bond acceptors (Lipinski definition) is 4. The lowest BCUT2D eigenvalue weighted by atomic mass is 10.3. The second kappa shape index (κ2) is 4.54. The highest BCUT2D eigenvalue weighted by Gasteiger charge is 1.90. The third-order valence-electron chi connectivity index (χ3n) is 1.25. The number of hydrogen-bond donors (Lipinski definition) is 2. The predicted molar refractivity (Wildman–Crippen MR) is 52.1 cm³/mol. The first-order chi connectivity index (χ1) is 5.36. The van der Waals surface area contributed by atoms with Crippen molar-refractivity contribution in [2.45, 2.75) is 4.90 Å². The van der Waals surface area contributed by atoms with Gasteiger partial charge in [-0.1, -0.05) is 0 Å². The Bertz CT molecular complexity index is 212. The van der Waals surface area contributed by atoms with Crippen LogP contribution in [0.3, 0.4) is 0 Å². The van der Waals surface area contributed by atoms with E-state index in [9.17, 15) is 0 Å². The topological polar surface area (TPSA) is 32.3 Å². The zero-order valence-corrected chi connectivity index (χ0v) is 7.71. The summed E-state index contributed by atoms with van der Waals surface area (Å²) in [6.45, 7) is 0. The number of anilines is 1. The zero-order valence-electron chi connectivity index (χ0n) is 6.07. The van der Waals surface area contributed by atoms with E-state index in [0.29, 0.717) is 12.2 Å². The molecule has 0 heterocycles. The molecule has 0 saturated carbocycles. The van der Waals surface area contributed by atoms with Gasteiger partial charge < -0.3 is 9.27 Å². The Hall–Kier alpha value is -0.320. The first kappa shape index (κ1) is 8.77. The quantitative estimate of drug-likeness (QED) is 0.433. The lowest BCUT2D eigenvalue weighted by molar-refractivity contribution is 0.668. The first-order valence-corrected chi connectivity index (χ1v) is 5.07. The molecule has 60 valence electrons. The third-order valence-corrected chi connectivity index (χ3v) is 2.32. The minimum Gasteiger partial charge on any atom is -0.312 e. The van der Waals surface area contributed by atoms with Crippen LogP contribution in [0.25, 0.3) is 0 Å². The molecule has 0 aliphatic heterocycles. The molecule has 0 bridgehead atoms. The van der Waals surface area contributed by atoms with E-state index in [1.165, 1.54) is 4.90 Å². The molecule has 0 aliphatic carbocycles. The van der Waals surface area contributed by atoms with Crippen molar-refractivity contribution in [3.63, 3.8) is 0 Å². The summed E-state index contributed by atoms with van der Waals surface area (Å²) in [6.07, 6.45) is 2.03. The van der Waals surface area contributed by atoms with Crippen molar-refractivity contribution in [1.82, 2.24) is 0 Å². The van der Waals surface area contributed by atoms with Crippen molar-refractivity contribution in [1.29, 1.82) is 0 Å². The molecule has 0 fully saturated rings. The number of thioether (sulfide) groups is 1. The Kier molecular flexibility index (Phi) is 3.62. The van der Waals surface area contributed by atoms with Crippen LogP contribution in [0.2, 0.25) is 0 Å². The fourth-order valence-electron chi connectivity index (χ4n) is 0.712. The molecule has 1 aromatic carbocycles. The molecule has 0 unspecified atom stereocenters. The van der Waals surface area contributed by atoms with Crippen molar-refractivity contribution in [2.24, 2.45) is 0 Å². The van der Waals surface area contributed by atoms with Gasteiger partial charge in [0.2, 0.25) is 0 Å². The summed E-state index contributed by atoms with van der Waals surface area (Å²) in [4.78, 5) is 1.22. The number of rotatable bonds is 3. The summed E-state index contributed by atoms with van der Waals surface area (Å²) in [5, 5.41) is 0. The summed E-state index contributed by atoms with van der Waals surface area (Å²) in [7, 11) is 0. The van der Waals surface area contributed by atoms with Gasteiger partial charge in [-0.3, -0.25) is 0 Å². The molecule has 4 heteroatoms. The van der Waals surface area contributed by atoms with Gasteiger partial charge in [-0.05, 0) is 30.5 Å². The maximum Gasteiger partial charge on any atom is 0.108 e. The molecule has 1 rings (SSSR count). The summed E-state index contributed by atoms with van der Waals surface area (Å²) in [5.41, 5.74) is 0.912. The molecular formula is C7H9NOS2. The normalized spacial score (nSPS) is 9.64. The van der Waals surface area contributed by atoms with Gasteiger partial charge >= 0.3 is 0 Å². The number of nitrogens with one attached hydrogen (secondary N) is 1. The van der Waals surface area contributed by atoms with Gasteiger partial charge in [-0.25, -0.2) is 0 Å². The minimum atomic E-state index is 0.611. The SMILES string of the molecule is CSc1ccc(NSO)cc1. The van der Waals surface area contributed by atoms with E-state index in [1.807, 2.05) is 30.5 Å². The molecule has 11 heavy (non-hydrogen) atoms. The van der Waals surface area contributed by atoms with Gasteiger partial charge in [0.05, 0.1) is 0 Å². The van der Waals surface area contributed by atoms with Gasteiger partial charge in [0, 0.05) is 10.6 Å². The molecule has 1 aromatic rings. The average Bonchev–Trinajstić information content (AvgIpc) is 2.07. The van der Waals surface area contributed by atoms with Gasteiger partial charge in [0.15, 0.2) is 0 Å². The highest BCUT2D eigenvalue weighted by Crippen LogP contribution is 2.18. The molecule has 0 atom stereocenters. The average molecular weight is 187 g/mol. The van der Waals surface area contributed by atoms with Crippen LogP contribution in [0, 0.1) is 0 Å². The summed E-state index contributed by atoms with van der Waals surface area (Å²) >= 11 is 2.31. The second-order valence-corrected chi connectivity index (χ2v) is 3.19. The zero-order chi connectivity index (χ0) is 8.10. The van der Waals surface area contributed by atoms with Crippen LogP contribution in [-0.4, -0.2) is 10.8 Å².